The monoisotopic (exact) mass is 347 g/mol. The van der Waals surface area contributed by atoms with Crippen molar-refractivity contribution >= 4 is 17.2 Å². The molecular formula is C19H29N3OS. The lowest BCUT2D eigenvalue weighted by Gasteiger charge is -2.15. The minimum Gasteiger partial charge on any atom is -0.366 e. The molecule has 0 fully saturated rings. The number of thiophene rings is 1. The van der Waals surface area contributed by atoms with Gasteiger partial charge in [-0.1, -0.05) is 19.4 Å². The summed E-state index contributed by atoms with van der Waals surface area (Å²) in [6.07, 6.45) is 4.30. The number of nitrogens with zero attached hydrogens (tertiary/aromatic N) is 2. The van der Waals surface area contributed by atoms with Crippen LogP contribution in [0.25, 0.3) is 10.4 Å². The summed E-state index contributed by atoms with van der Waals surface area (Å²) in [6.45, 7) is 6.19. The van der Waals surface area contributed by atoms with Gasteiger partial charge in [0.25, 0.3) is 5.91 Å². The van der Waals surface area contributed by atoms with Crippen molar-refractivity contribution in [1.82, 2.24) is 9.47 Å². The van der Waals surface area contributed by atoms with Gasteiger partial charge in [-0.3, -0.25) is 4.79 Å². The molecule has 0 saturated heterocycles. The number of primary amides is 1. The number of unbranched alkanes of at least 4 members (excludes halogenated alkanes) is 1. The summed E-state index contributed by atoms with van der Waals surface area (Å²) >= 11 is 1.68. The minimum atomic E-state index is -0.319. The van der Waals surface area contributed by atoms with E-state index < -0.39 is 0 Å². The van der Waals surface area contributed by atoms with Crippen molar-refractivity contribution < 1.29 is 4.79 Å². The molecule has 0 bridgehead atoms. The summed E-state index contributed by atoms with van der Waals surface area (Å²) in [4.78, 5) is 15.5. The third-order valence-corrected chi connectivity index (χ3v) is 5.29. The smallest absolute Gasteiger partial charge is 0.251 e. The molecule has 0 aliphatic heterocycles. The second kappa shape index (κ2) is 8.49. The van der Waals surface area contributed by atoms with Gasteiger partial charge in [-0.15, -0.1) is 11.3 Å². The second-order valence-electron chi connectivity index (χ2n) is 6.54. The maximum absolute atomic E-state index is 12.2. The summed E-state index contributed by atoms with van der Waals surface area (Å²) in [5.74, 6) is -0.319. The Balaban J connectivity index is 2.51. The molecule has 24 heavy (non-hydrogen) atoms. The number of hydrogen-bond acceptors (Lipinski definition) is 3. The van der Waals surface area contributed by atoms with Gasteiger partial charge < -0.3 is 15.2 Å². The van der Waals surface area contributed by atoms with Crippen LogP contribution in [0.2, 0.25) is 0 Å². The van der Waals surface area contributed by atoms with Gasteiger partial charge in [0.05, 0.1) is 5.56 Å². The number of nitrogens with two attached hydrogens (primary N) is 1. The van der Waals surface area contributed by atoms with Crippen molar-refractivity contribution in [2.75, 3.05) is 20.6 Å². The van der Waals surface area contributed by atoms with Gasteiger partial charge in [0.2, 0.25) is 0 Å². The SMILES string of the molecule is CCCCc1c(-c2cccs2)c(C(N)=O)c(C)n1CCCN(C)C. The van der Waals surface area contributed by atoms with Crippen LogP contribution in [0.3, 0.4) is 0 Å². The van der Waals surface area contributed by atoms with Crippen molar-refractivity contribution in [3.8, 4) is 10.4 Å². The molecule has 0 atom stereocenters. The molecule has 1 amide bonds. The highest BCUT2D eigenvalue weighted by atomic mass is 32.1. The molecule has 2 heterocycles. The van der Waals surface area contributed by atoms with Crippen molar-refractivity contribution in [3.63, 3.8) is 0 Å². The van der Waals surface area contributed by atoms with Crippen LogP contribution >= 0.6 is 11.3 Å². The first kappa shape index (κ1) is 18.7. The lowest BCUT2D eigenvalue weighted by Crippen LogP contribution is -2.17. The topological polar surface area (TPSA) is 51.3 Å². The van der Waals surface area contributed by atoms with E-state index in [9.17, 15) is 4.79 Å². The third kappa shape index (κ3) is 4.08. The molecule has 2 aromatic heterocycles. The predicted molar refractivity (Wildman–Crippen MR) is 103 cm³/mol. The fourth-order valence-electron chi connectivity index (χ4n) is 3.24. The van der Waals surface area contributed by atoms with E-state index >= 15 is 0 Å². The predicted octanol–water partition coefficient (Wildman–Crippen LogP) is 3.92. The lowest BCUT2D eigenvalue weighted by atomic mass is 10.0. The fourth-order valence-corrected chi connectivity index (χ4v) is 4.04. The molecule has 0 radical (unpaired) electrons. The average Bonchev–Trinajstić information content (AvgIpc) is 3.12. The molecule has 2 rings (SSSR count). The molecule has 0 saturated carbocycles. The van der Waals surface area contributed by atoms with Crippen LogP contribution < -0.4 is 5.73 Å². The molecule has 0 spiro atoms. The van der Waals surface area contributed by atoms with E-state index in [1.807, 2.05) is 13.0 Å². The van der Waals surface area contributed by atoms with Crippen LogP contribution in [0.4, 0.5) is 0 Å². The van der Waals surface area contributed by atoms with Crippen LogP contribution in [0.15, 0.2) is 17.5 Å². The van der Waals surface area contributed by atoms with Crippen LogP contribution in [0.5, 0.6) is 0 Å². The highest BCUT2D eigenvalue weighted by Gasteiger charge is 2.24. The first-order valence-corrected chi connectivity index (χ1v) is 9.55. The summed E-state index contributed by atoms with van der Waals surface area (Å²) in [5, 5.41) is 2.06. The van der Waals surface area contributed by atoms with Gasteiger partial charge in [0, 0.05) is 28.4 Å². The van der Waals surface area contributed by atoms with Gasteiger partial charge in [-0.2, -0.15) is 0 Å². The number of amides is 1. The number of carbonyl (C=O) groups excluding carboxylic acids is 1. The van der Waals surface area contributed by atoms with E-state index in [2.05, 4.69) is 41.9 Å². The Morgan fingerprint density at radius 3 is 2.62 bits per heavy atom. The summed E-state index contributed by atoms with van der Waals surface area (Å²) in [7, 11) is 4.18. The minimum absolute atomic E-state index is 0.319. The van der Waals surface area contributed by atoms with Crippen molar-refractivity contribution in [3.05, 3.63) is 34.5 Å². The van der Waals surface area contributed by atoms with Gasteiger partial charge in [-0.25, -0.2) is 0 Å². The molecule has 132 valence electrons. The molecular weight excluding hydrogens is 318 g/mol. The van der Waals surface area contributed by atoms with E-state index in [1.165, 1.54) is 5.69 Å². The van der Waals surface area contributed by atoms with Crippen LogP contribution in [-0.4, -0.2) is 36.0 Å². The van der Waals surface area contributed by atoms with Crippen molar-refractivity contribution in [2.45, 2.75) is 46.1 Å². The maximum atomic E-state index is 12.2. The molecule has 0 aliphatic carbocycles. The largest absolute Gasteiger partial charge is 0.366 e. The highest BCUT2D eigenvalue weighted by molar-refractivity contribution is 7.13. The van der Waals surface area contributed by atoms with Crippen molar-refractivity contribution in [1.29, 1.82) is 0 Å². The Morgan fingerprint density at radius 1 is 1.33 bits per heavy atom. The summed E-state index contributed by atoms with van der Waals surface area (Å²) < 4.78 is 2.33. The standard InChI is InChI=1S/C19H29N3OS/c1-5-6-9-15-18(16-10-7-13-24-16)17(19(20)23)14(2)22(15)12-8-11-21(3)4/h7,10,13H,5-6,8-9,11-12H2,1-4H3,(H2,20,23). The Kier molecular flexibility index (Phi) is 6.63. The Morgan fingerprint density at radius 2 is 2.08 bits per heavy atom. The number of rotatable bonds is 9. The maximum Gasteiger partial charge on any atom is 0.251 e. The van der Waals surface area contributed by atoms with Crippen LogP contribution in [-0.2, 0) is 13.0 Å². The average molecular weight is 348 g/mol. The quantitative estimate of drug-likeness (QED) is 0.747. The summed E-state index contributed by atoms with van der Waals surface area (Å²) in [6, 6.07) is 4.12. The molecule has 0 aliphatic rings. The third-order valence-electron chi connectivity index (χ3n) is 4.40. The van der Waals surface area contributed by atoms with E-state index in [0.29, 0.717) is 5.56 Å². The molecule has 0 unspecified atom stereocenters. The lowest BCUT2D eigenvalue weighted by molar-refractivity contribution is 0.1000. The van der Waals surface area contributed by atoms with Crippen LogP contribution in [0.1, 0.15) is 47.9 Å². The molecule has 0 aromatic carbocycles. The van der Waals surface area contributed by atoms with Crippen molar-refractivity contribution in [2.24, 2.45) is 5.73 Å². The van der Waals surface area contributed by atoms with E-state index in [4.69, 9.17) is 5.73 Å². The van der Waals surface area contributed by atoms with Gasteiger partial charge >= 0.3 is 0 Å². The zero-order chi connectivity index (χ0) is 17.7. The van der Waals surface area contributed by atoms with E-state index in [-0.39, 0.29) is 5.91 Å². The van der Waals surface area contributed by atoms with Gasteiger partial charge in [0.15, 0.2) is 0 Å². The first-order valence-electron chi connectivity index (χ1n) is 8.67. The Labute approximate surface area is 149 Å². The molecule has 2 aromatic rings. The molecule has 4 nitrogen and oxygen atoms in total. The Bertz CT molecular complexity index is 671. The highest BCUT2D eigenvalue weighted by Crippen LogP contribution is 2.36. The first-order chi connectivity index (χ1) is 11.5. The number of carbonyl (C=O) groups is 1. The number of hydrogen-bond donors (Lipinski definition) is 1. The normalized spacial score (nSPS) is 11.4. The number of aromatic nitrogens is 1. The van der Waals surface area contributed by atoms with E-state index in [0.717, 1.165) is 54.9 Å². The van der Waals surface area contributed by atoms with Crippen LogP contribution in [0, 0.1) is 6.92 Å². The molecule has 2 N–H and O–H groups in total. The van der Waals surface area contributed by atoms with E-state index in [1.54, 1.807) is 11.3 Å². The fraction of sp³-hybridized carbons (Fsp3) is 0.526. The Hall–Kier alpha value is -1.59. The molecule has 5 heteroatoms. The summed E-state index contributed by atoms with van der Waals surface area (Å²) in [5.41, 5.74) is 9.80. The second-order valence-corrected chi connectivity index (χ2v) is 7.48. The van der Waals surface area contributed by atoms with Gasteiger partial charge in [0.1, 0.15) is 0 Å². The zero-order valence-electron chi connectivity index (χ0n) is 15.3. The zero-order valence-corrected chi connectivity index (χ0v) is 16.1. The van der Waals surface area contributed by atoms with Gasteiger partial charge in [-0.05, 0) is 58.3 Å².